The second-order valence-electron chi connectivity index (χ2n) is 5.78. The molecule has 0 bridgehead atoms. The lowest BCUT2D eigenvalue weighted by molar-refractivity contribution is -0.122. The fourth-order valence-electron chi connectivity index (χ4n) is 2.73. The molecule has 0 aliphatic carbocycles. The Kier molecular flexibility index (Phi) is 4.53. The van der Waals surface area contributed by atoms with Gasteiger partial charge in [-0.3, -0.25) is 9.59 Å². The second-order valence-corrected chi connectivity index (χ2v) is 6.19. The first-order valence-corrected chi connectivity index (χ1v) is 7.95. The highest BCUT2D eigenvalue weighted by atomic mass is 35.5. The van der Waals surface area contributed by atoms with Crippen molar-refractivity contribution in [2.45, 2.75) is 13.3 Å². The molecule has 1 atom stereocenters. The molecule has 3 rings (SSSR count). The van der Waals surface area contributed by atoms with Crippen LogP contribution in [-0.2, 0) is 9.59 Å². The summed E-state index contributed by atoms with van der Waals surface area (Å²) in [6.45, 7) is 2.10. The standard InChI is InChI=1S/C18H16ClFN2O2/c1-11-15(19)3-2-4-16(11)21-18(24)12-9-17(23)22(10-12)14-7-5-13(20)6-8-14/h2-8,12H,9-10H2,1H3,(H,21,24)/t12-/m1/s1. The van der Waals surface area contributed by atoms with Crippen molar-refractivity contribution < 1.29 is 14.0 Å². The molecule has 24 heavy (non-hydrogen) atoms. The lowest BCUT2D eigenvalue weighted by Crippen LogP contribution is -2.28. The quantitative estimate of drug-likeness (QED) is 0.919. The van der Waals surface area contributed by atoms with E-state index in [1.54, 1.807) is 18.2 Å². The summed E-state index contributed by atoms with van der Waals surface area (Å²) in [7, 11) is 0. The van der Waals surface area contributed by atoms with E-state index in [4.69, 9.17) is 11.6 Å². The van der Waals surface area contributed by atoms with Crippen LogP contribution in [-0.4, -0.2) is 18.4 Å². The number of anilines is 2. The maximum Gasteiger partial charge on any atom is 0.229 e. The van der Waals surface area contributed by atoms with Crippen LogP contribution in [0.5, 0.6) is 0 Å². The van der Waals surface area contributed by atoms with E-state index in [-0.39, 0.29) is 30.6 Å². The zero-order valence-corrected chi connectivity index (χ0v) is 13.8. The number of carbonyl (C=O) groups excluding carboxylic acids is 2. The molecule has 0 aromatic heterocycles. The maximum absolute atomic E-state index is 13.0. The predicted octanol–water partition coefficient (Wildman–Crippen LogP) is 3.78. The number of rotatable bonds is 3. The smallest absolute Gasteiger partial charge is 0.229 e. The molecular weight excluding hydrogens is 331 g/mol. The van der Waals surface area contributed by atoms with Crippen molar-refractivity contribution in [2.24, 2.45) is 5.92 Å². The number of benzene rings is 2. The molecule has 124 valence electrons. The van der Waals surface area contributed by atoms with Gasteiger partial charge in [-0.1, -0.05) is 17.7 Å². The minimum absolute atomic E-state index is 0.128. The van der Waals surface area contributed by atoms with Gasteiger partial charge in [0.25, 0.3) is 0 Å². The number of hydrogen-bond donors (Lipinski definition) is 1. The molecule has 1 aliphatic rings. The third kappa shape index (κ3) is 3.26. The molecular formula is C18H16ClFN2O2. The molecule has 1 N–H and O–H groups in total. The van der Waals surface area contributed by atoms with Gasteiger partial charge < -0.3 is 10.2 Å². The number of carbonyl (C=O) groups is 2. The normalized spacial score (nSPS) is 17.2. The maximum atomic E-state index is 13.0. The minimum atomic E-state index is -0.457. The molecule has 2 amide bonds. The van der Waals surface area contributed by atoms with E-state index in [0.717, 1.165) is 5.56 Å². The van der Waals surface area contributed by atoms with E-state index in [9.17, 15) is 14.0 Å². The summed E-state index contributed by atoms with van der Waals surface area (Å²) < 4.78 is 13.0. The Bertz CT molecular complexity index is 792. The number of halogens is 2. The Morgan fingerprint density at radius 3 is 2.67 bits per heavy atom. The molecule has 1 saturated heterocycles. The number of amides is 2. The van der Waals surface area contributed by atoms with Crippen molar-refractivity contribution in [3.8, 4) is 0 Å². The van der Waals surface area contributed by atoms with Crippen LogP contribution in [0.25, 0.3) is 0 Å². The van der Waals surface area contributed by atoms with Gasteiger partial charge in [-0.25, -0.2) is 4.39 Å². The molecule has 0 saturated carbocycles. The van der Waals surface area contributed by atoms with Crippen molar-refractivity contribution in [1.29, 1.82) is 0 Å². The molecule has 1 aliphatic heterocycles. The fraction of sp³-hybridized carbons (Fsp3) is 0.222. The third-order valence-corrected chi connectivity index (χ3v) is 4.57. The molecule has 1 fully saturated rings. The highest BCUT2D eigenvalue weighted by Gasteiger charge is 2.35. The van der Waals surface area contributed by atoms with Gasteiger partial charge in [-0.05, 0) is 48.9 Å². The van der Waals surface area contributed by atoms with Crippen LogP contribution in [0.15, 0.2) is 42.5 Å². The van der Waals surface area contributed by atoms with Crippen molar-refractivity contribution in [2.75, 3.05) is 16.8 Å². The summed E-state index contributed by atoms with van der Waals surface area (Å²) in [6, 6.07) is 10.9. The van der Waals surface area contributed by atoms with Crippen LogP contribution < -0.4 is 10.2 Å². The zero-order valence-electron chi connectivity index (χ0n) is 13.1. The lowest BCUT2D eigenvalue weighted by atomic mass is 10.1. The van der Waals surface area contributed by atoms with Crippen LogP contribution in [0.2, 0.25) is 5.02 Å². The topological polar surface area (TPSA) is 49.4 Å². The zero-order chi connectivity index (χ0) is 17.3. The number of nitrogens with one attached hydrogen (secondary N) is 1. The Labute approximate surface area is 144 Å². The predicted molar refractivity (Wildman–Crippen MR) is 91.7 cm³/mol. The molecule has 0 spiro atoms. The van der Waals surface area contributed by atoms with Crippen molar-refractivity contribution in [3.05, 3.63) is 58.9 Å². The first kappa shape index (κ1) is 16.5. The molecule has 1 heterocycles. The largest absolute Gasteiger partial charge is 0.325 e. The summed E-state index contributed by atoms with van der Waals surface area (Å²) in [5.74, 6) is -1.19. The summed E-state index contributed by atoms with van der Waals surface area (Å²) in [6.07, 6.45) is 0.128. The van der Waals surface area contributed by atoms with Gasteiger partial charge in [-0.15, -0.1) is 0 Å². The van der Waals surface area contributed by atoms with Crippen molar-refractivity contribution >= 4 is 34.8 Å². The molecule has 0 unspecified atom stereocenters. The Morgan fingerprint density at radius 1 is 1.25 bits per heavy atom. The van der Waals surface area contributed by atoms with E-state index >= 15 is 0 Å². The van der Waals surface area contributed by atoms with E-state index < -0.39 is 5.92 Å². The Hall–Kier alpha value is -2.40. The summed E-state index contributed by atoms with van der Waals surface area (Å²) >= 11 is 6.05. The van der Waals surface area contributed by atoms with Crippen LogP contribution in [0.3, 0.4) is 0 Å². The van der Waals surface area contributed by atoms with Gasteiger partial charge in [0.1, 0.15) is 5.82 Å². The number of nitrogens with zero attached hydrogens (tertiary/aromatic N) is 1. The van der Waals surface area contributed by atoms with E-state index in [1.165, 1.54) is 29.2 Å². The van der Waals surface area contributed by atoms with E-state index in [2.05, 4.69) is 5.32 Å². The van der Waals surface area contributed by atoms with Crippen molar-refractivity contribution in [3.63, 3.8) is 0 Å². The first-order chi connectivity index (χ1) is 11.5. The van der Waals surface area contributed by atoms with Gasteiger partial charge in [0, 0.05) is 29.4 Å². The fourth-order valence-corrected chi connectivity index (χ4v) is 2.91. The average molecular weight is 347 g/mol. The van der Waals surface area contributed by atoms with Crippen molar-refractivity contribution in [1.82, 2.24) is 0 Å². The van der Waals surface area contributed by atoms with Crippen LogP contribution in [0, 0.1) is 18.7 Å². The summed E-state index contributed by atoms with van der Waals surface area (Å²) in [4.78, 5) is 26.1. The lowest BCUT2D eigenvalue weighted by Gasteiger charge is -2.17. The summed E-state index contributed by atoms with van der Waals surface area (Å²) in [5.41, 5.74) is 2.02. The van der Waals surface area contributed by atoms with E-state index in [1.807, 2.05) is 6.92 Å². The molecule has 4 nitrogen and oxygen atoms in total. The Balaban J connectivity index is 1.72. The third-order valence-electron chi connectivity index (χ3n) is 4.16. The number of hydrogen-bond acceptors (Lipinski definition) is 2. The summed E-state index contributed by atoms with van der Waals surface area (Å²) in [5, 5.41) is 3.40. The van der Waals surface area contributed by atoms with Crippen LogP contribution in [0.1, 0.15) is 12.0 Å². The van der Waals surface area contributed by atoms with Gasteiger partial charge in [-0.2, -0.15) is 0 Å². The van der Waals surface area contributed by atoms with Crippen LogP contribution in [0.4, 0.5) is 15.8 Å². The molecule has 2 aromatic carbocycles. The first-order valence-electron chi connectivity index (χ1n) is 7.57. The second kappa shape index (κ2) is 6.61. The molecule has 6 heteroatoms. The minimum Gasteiger partial charge on any atom is -0.325 e. The van der Waals surface area contributed by atoms with Gasteiger partial charge in [0.05, 0.1) is 5.92 Å². The van der Waals surface area contributed by atoms with E-state index in [0.29, 0.717) is 16.4 Å². The molecule has 0 radical (unpaired) electrons. The van der Waals surface area contributed by atoms with Gasteiger partial charge in [0.15, 0.2) is 0 Å². The average Bonchev–Trinajstić information content (AvgIpc) is 2.94. The van der Waals surface area contributed by atoms with Gasteiger partial charge >= 0.3 is 0 Å². The highest BCUT2D eigenvalue weighted by molar-refractivity contribution is 6.31. The van der Waals surface area contributed by atoms with Crippen LogP contribution >= 0.6 is 11.6 Å². The Morgan fingerprint density at radius 2 is 1.96 bits per heavy atom. The SMILES string of the molecule is Cc1c(Cl)cccc1NC(=O)[C@@H]1CC(=O)N(c2ccc(F)cc2)C1. The monoisotopic (exact) mass is 346 g/mol. The molecule has 2 aromatic rings. The van der Waals surface area contributed by atoms with Gasteiger partial charge in [0.2, 0.25) is 11.8 Å². The highest BCUT2D eigenvalue weighted by Crippen LogP contribution is 2.28.